The van der Waals surface area contributed by atoms with Crippen molar-refractivity contribution in [2.75, 3.05) is 11.6 Å². The number of carbonyl (C=O) groups excluding carboxylic acids is 1. The molecule has 1 heterocycles. The van der Waals surface area contributed by atoms with E-state index in [1.807, 2.05) is 0 Å². The summed E-state index contributed by atoms with van der Waals surface area (Å²) >= 11 is 6.19. The molecule has 0 bridgehead atoms. The van der Waals surface area contributed by atoms with Crippen LogP contribution < -0.4 is 11.0 Å². The van der Waals surface area contributed by atoms with E-state index in [1.54, 1.807) is 12.1 Å². The van der Waals surface area contributed by atoms with Gasteiger partial charge in [0.15, 0.2) is 9.84 Å². The van der Waals surface area contributed by atoms with Gasteiger partial charge in [-0.15, -0.1) is 0 Å². The van der Waals surface area contributed by atoms with Gasteiger partial charge >= 0.3 is 5.69 Å². The molecule has 1 saturated carbocycles. The predicted octanol–water partition coefficient (Wildman–Crippen LogP) is 3.13. The maximum absolute atomic E-state index is 13.0. The third-order valence-corrected chi connectivity index (χ3v) is 6.62. The number of benzene rings is 1. The number of aromatic amines is 1. The van der Waals surface area contributed by atoms with E-state index in [0.717, 1.165) is 31.9 Å². The second-order valence-electron chi connectivity index (χ2n) is 7.17. The number of H-pyrrole nitrogens is 1. The highest BCUT2D eigenvalue weighted by Gasteiger charge is 2.28. The van der Waals surface area contributed by atoms with Crippen molar-refractivity contribution in [1.82, 2.24) is 9.97 Å². The summed E-state index contributed by atoms with van der Waals surface area (Å²) in [4.78, 5) is 30.5. The van der Waals surface area contributed by atoms with Gasteiger partial charge in [0.25, 0.3) is 0 Å². The van der Waals surface area contributed by atoms with Crippen LogP contribution in [-0.4, -0.2) is 30.5 Å². The lowest BCUT2D eigenvalue weighted by atomic mass is 9.87. The Balaban J connectivity index is 1.91. The van der Waals surface area contributed by atoms with E-state index < -0.39 is 21.4 Å². The number of hydrogen-bond acceptors (Lipinski definition) is 5. The van der Waals surface area contributed by atoms with Gasteiger partial charge in [-0.1, -0.05) is 43.4 Å². The Morgan fingerprint density at radius 2 is 2.04 bits per heavy atom. The maximum Gasteiger partial charge on any atom is 0.346 e. The van der Waals surface area contributed by atoms with Gasteiger partial charge in [-0.05, 0) is 36.1 Å². The van der Waals surface area contributed by atoms with Gasteiger partial charge in [-0.2, -0.15) is 4.98 Å². The van der Waals surface area contributed by atoms with Crippen molar-refractivity contribution in [1.29, 1.82) is 0 Å². The number of carbonyl (C=O) groups is 1. The molecular formula is C19H22ClN3O4S. The normalized spacial score (nSPS) is 16.1. The molecule has 1 aliphatic rings. The molecule has 0 radical (unpaired) electrons. The highest BCUT2D eigenvalue weighted by molar-refractivity contribution is 7.90. The van der Waals surface area contributed by atoms with E-state index in [1.165, 1.54) is 18.3 Å². The summed E-state index contributed by atoms with van der Waals surface area (Å²) in [5.41, 5.74) is 0.0948. The number of nitrogens with one attached hydrogen (secondary N) is 2. The fraction of sp³-hybridized carbons (Fsp3) is 0.421. The molecule has 9 heteroatoms. The highest BCUT2D eigenvalue weighted by Crippen LogP contribution is 2.36. The first-order valence-corrected chi connectivity index (χ1v) is 11.4. The number of amides is 1. The van der Waals surface area contributed by atoms with Crippen molar-refractivity contribution in [3.63, 3.8) is 0 Å². The third kappa shape index (κ3) is 4.99. The van der Waals surface area contributed by atoms with Crippen molar-refractivity contribution in [2.24, 2.45) is 5.92 Å². The third-order valence-electron chi connectivity index (χ3n) is 5.04. The number of halogens is 1. The topological polar surface area (TPSA) is 109 Å². The van der Waals surface area contributed by atoms with Gasteiger partial charge in [-0.25, -0.2) is 13.2 Å². The van der Waals surface area contributed by atoms with Crippen molar-refractivity contribution in [3.8, 4) is 0 Å². The summed E-state index contributed by atoms with van der Waals surface area (Å²) < 4.78 is 23.6. The quantitative estimate of drug-likeness (QED) is 0.741. The lowest BCUT2D eigenvalue weighted by Crippen LogP contribution is -2.25. The first kappa shape index (κ1) is 20.5. The Morgan fingerprint density at radius 1 is 1.32 bits per heavy atom. The van der Waals surface area contributed by atoms with Crippen LogP contribution in [-0.2, 0) is 14.6 Å². The lowest BCUT2D eigenvalue weighted by Gasteiger charge is -2.21. The predicted molar refractivity (Wildman–Crippen MR) is 107 cm³/mol. The van der Waals surface area contributed by atoms with Gasteiger partial charge in [-0.3, -0.25) is 4.79 Å². The molecule has 1 amide bonds. The molecule has 3 rings (SSSR count). The number of anilines is 1. The van der Waals surface area contributed by atoms with Gasteiger partial charge in [0.2, 0.25) is 5.91 Å². The molecule has 7 nitrogen and oxygen atoms in total. The molecule has 2 aromatic rings. The monoisotopic (exact) mass is 423 g/mol. The highest BCUT2D eigenvalue weighted by atomic mass is 35.5. The molecule has 1 aliphatic carbocycles. The minimum absolute atomic E-state index is 0.0363. The number of rotatable bonds is 6. The Bertz CT molecular complexity index is 1030. The van der Waals surface area contributed by atoms with Crippen LogP contribution in [0.25, 0.3) is 0 Å². The van der Waals surface area contributed by atoms with Crippen molar-refractivity contribution >= 4 is 33.2 Å². The van der Waals surface area contributed by atoms with Gasteiger partial charge in [0.1, 0.15) is 5.82 Å². The summed E-state index contributed by atoms with van der Waals surface area (Å²) in [6, 6.07) is 6.12. The van der Waals surface area contributed by atoms with Crippen LogP contribution in [0.3, 0.4) is 0 Å². The smallest absolute Gasteiger partial charge is 0.313 e. The molecule has 1 aromatic carbocycles. The Hall–Kier alpha value is -2.19. The van der Waals surface area contributed by atoms with E-state index in [0.29, 0.717) is 17.9 Å². The molecule has 0 unspecified atom stereocenters. The second kappa shape index (κ2) is 8.45. The molecule has 1 aromatic heterocycles. The molecule has 0 spiro atoms. The minimum Gasteiger partial charge on any atom is -0.313 e. The van der Waals surface area contributed by atoms with Crippen LogP contribution >= 0.6 is 11.6 Å². The summed E-state index contributed by atoms with van der Waals surface area (Å²) in [5, 5.41) is 2.78. The SMILES string of the molecule is CS(=O)(=O)c1ccc([C@@H](CC2CCCC2)C(=O)Nc2cc[nH]c(=O)n2)cc1Cl. The lowest BCUT2D eigenvalue weighted by molar-refractivity contribution is -0.118. The average Bonchev–Trinajstić information content (AvgIpc) is 3.11. The molecular weight excluding hydrogens is 402 g/mol. The van der Waals surface area contributed by atoms with Crippen molar-refractivity contribution in [3.05, 3.63) is 51.5 Å². The zero-order valence-corrected chi connectivity index (χ0v) is 17.0. The van der Waals surface area contributed by atoms with Crippen LogP contribution in [0.2, 0.25) is 5.02 Å². The first-order chi connectivity index (χ1) is 13.2. The number of hydrogen-bond donors (Lipinski definition) is 2. The first-order valence-electron chi connectivity index (χ1n) is 9.10. The fourth-order valence-electron chi connectivity index (χ4n) is 3.66. The fourth-order valence-corrected chi connectivity index (χ4v) is 5.00. The van der Waals surface area contributed by atoms with Crippen LogP contribution in [0.4, 0.5) is 5.82 Å². The number of nitrogens with zero attached hydrogens (tertiary/aromatic N) is 1. The molecule has 0 aliphatic heterocycles. The van der Waals surface area contributed by atoms with Gasteiger partial charge in [0, 0.05) is 12.5 Å². The van der Waals surface area contributed by atoms with E-state index in [2.05, 4.69) is 15.3 Å². The summed E-state index contributed by atoms with van der Waals surface area (Å²) in [6.45, 7) is 0. The van der Waals surface area contributed by atoms with Crippen LogP contribution in [0.1, 0.15) is 43.6 Å². The van der Waals surface area contributed by atoms with Gasteiger partial charge in [0.05, 0.1) is 15.8 Å². The summed E-state index contributed by atoms with van der Waals surface area (Å²) in [6.07, 6.45) is 7.53. The van der Waals surface area contributed by atoms with E-state index in [9.17, 15) is 18.0 Å². The number of aromatic nitrogens is 2. The van der Waals surface area contributed by atoms with Crippen LogP contribution in [0.15, 0.2) is 40.2 Å². The largest absolute Gasteiger partial charge is 0.346 e. The Kier molecular flexibility index (Phi) is 6.20. The average molecular weight is 424 g/mol. The van der Waals surface area contributed by atoms with Crippen LogP contribution in [0.5, 0.6) is 0 Å². The number of sulfone groups is 1. The summed E-state index contributed by atoms with van der Waals surface area (Å²) in [7, 11) is -3.45. The minimum atomic E-state index is -3.45. The van der Waals surface area contributed by atoms with Crippen LogP contribution in [0, 0.1) is 5.92 Å². The molecule has 1 fully saturated rings. The maximum atomic E-state index is 13.0. The standard InChI is InChI=1S/C19H22ClN3O4S/c1-28(26,27)16-7-6-13(11-15(16)20)14(10-12-4-2-3-5-12)18(24)22-17-8-9-21-19(25)23-17/h6-9,11-12,14H,2-5,10H2,1H3,(H2,21,22,23,24,25)/t14-/m1/s1. The molecule has 2 N–H and O–H groups in total. The van der Waals surface area contributed by atoms with E-state index in [4.69, 9.17) is 11.6 Å². The Labute approximate surface area is 168 Å². The van der Waals surface area contributed by atoms with E-state index in [-0.39, 0.29) is 21.6 Å². The van der Waals surface area contributed by atoms with Crippen molar-refractivity contribution < 1.29 is 13.2 Å². The van der Waals surface area contributed by atoms with E-state index >= 15 is 0 Å². The molecule has 1 atom stereocenters. The zero-order chi connectivity index (χ0) is 20.3. The van der Waals surface area contributed by atoms with Gasteiger partial charge < -0.3 is 10.3 Å². The molecule has 150 valence electrons. The Morgan fingerprint density at radius 3 is 2.64 bits per heavy atom. The second-order valence-corrected chi connectivity index (χ2v) is 9.56. The van der Waals surface area contributed by atoms with Crippen molar-refractivity contribution in [2.45, 2.75) is 42.9 Å². The zero-order valence-electron chi connectivity index (χ0n) is 15.4. The molecule has 28 heavy (non-hydrogen) atoms. The molecule has 0 saturated heterocycles. The summed E-state index contributed by atoms with van der Waals surface area (Å²) in [5.74, 6) is -0.233.